The molecule has 0 aliphatic heterocycles. The Labute approximate surface area is 158 Å². The summed E-state index contributed by atoms with van der Waals surface area (Å²) in [6.07, 6.45) is 0.332. The van der Waals surface area contributed by atoms with Gasteiger partial charge in [-0.1, -0.05) is 6.07 Å². The maximum atomic E-state index is 12.0. The molecule has 2 aromatic rings. The van der Waals surface area contributed by atoms with Crippen LogP contribution in [0.3, 0.4) is 0 Å². The maximum Gasteiger partial charge on any atom is 0.227 e. The summed E-state index contributed by atoms with van der Waals surface area (Å²) in [6.45, 7) is 9.72. The number of pyridine rings is 1. The van der Waals surface area contributed by atoms with E-state index in [0.29, 0.717) is 31.3 Å². The van der Waals surface area contributed by atoms with Gasteiger partial charge >= 0.3 is 0 Å². The topological polar surface area (TPSA) is 91.3 Å². The van der Waals surface area contributed by atoms with Crippen molar-refractivity contribution < 1.29 is 4.79 Å². The minimum absolute atomic E-state index is 0.0830. The Bertz CT molecular complexity index is 771. The first-order valence-corrected chi connectivity index (χ1v) is 9.48. The molecule has 0 aliphatic rings. The van der Waals surface area contributed by atoms with Crippen LogP contribution in [0.4, 0.5) is 5.82 Å². The minimum Gasteiger partial charge on any atom is -0.357 e. The van der Waals surface area contributed by atoms with Crippen LogP contribution in [0.15, 0.2) is 23.2 Å². The molecule has 8 heteroatoms. The number of thiazole rings is 1. The van der Waals surface area contributed by atoms with Crippen LogP contribution in [-0.2, 0) is 11.3 Å². The molecule has 3 N–H and O–H groups in total. The monoisotopic (exact) mass is 374 g/mol. The molecule has 140 valence electrons. The van der Waals surface area contributed by atoms with Crippen molar-refractivity contribution in [3.63, 3.8) is 0 Å². The summed E-state index contributed by atoms with van der Waals surface area (Å²) in [5.74, 6) is 1.19. The minimum atomic E-state index is -0.0830. The number of anilines is 1. The highest BCUT2D eigenvalue weighted by molar-refractivity contribution is 7.11. The van der Waals surface area contributed by atoms with E-state index in [2.05, 4.69) is 30.9 Å². The van der Waals surface area contributed by atoms with Gasteiger partial charge in [-0.15, -0.1) is 11.3 Å². The number of nitrogens with zero attached hydrogens (tertiary/aromatic N) is 3. The molecule has 1 amide bonds. The Morgan fingerprint density at radius 3 is 2.65 bits per heavy atom. The first-order valence-electron chi connectivity index (χ1n) is 8.66. The van der Waals surface area contributed by atoms with Crippen molar-refractivity contribution >= 4 is 29.0 Å². The fraction of sp³-hybridized carbons (Fsp3) is 0.444. The van der Waals surface area contributed by atoms with Gasteiger partial charge in [-0.25, -0.2) is 15.0 Å². The zero-order valence-electron chi connectivity index (χ0n) is 15.7. The van der Waals surface area contributed by atoms with E-state index in [9.17, 15) is 4.79 Å². The normalized spacial score (nSPS) is 11.3. The third kappa shape index (κ3) is 6.44. The van der Waals surface area contributed by atoms with Gasteiger partial charge in [-0.3, -0.25) is 4.79 Å². The zero-order valence-corrected chi connectivity index (χ0v) is 16.5. The van der Waals surface area contributed by atoms with Gasteiger partial charge in [-0.2, -0.15) is 0 Å². The van der Waals surface area contributed by atoms with Crippen molar-refractivity contribution in [2.75, 3.05) is 18.4 Å². The van der Waals surface area contributed by atoms with Crippen molar-refractivity contribution in [2.24, 2.45) is 4.99 Å². The molecule has 0 spiro atoms. The third-order valence-corrected chi connectivity index (χ3v) is 4.58. The molecule has 0 atom stereocenters. The van der Waals surface area contributed by atoms with Crippen LogP contribution in [0, 0.1) is 20.8 Å². The van der Waals surface area contributed by atoms with Crippen LogP contribution >= 0.6 is 11.3 Å². The fourth-order valence-corrected chi connectivity index (χ4v) is 3.19. The Morgan fingerprint density at radius 2 is 2.00 bits per heavy atom. The van der Waals surface area contributed by atoms with Gasteiger partial charge in [0.15, 0.2) is 5.96 Å². The van der Waals surface area contributed by atoms with Crippen molar-refractivity contribution in [3.05, 3.63) is 39.5 Å². The van der Waals surface area contributed by atoms with E-state index in [1.165, 1.54) is 0 Å². The lowest BCUT2D eigenvalue weighted by Gasteiger charge is -2.11. The predicted molar refractivity (Wildman–Crippen MR) is 107 cm³/mol. The van der Waals surface area contributed by atoms with E-state index >= 15 is 0 Å². The third-order valence-electron chi connectivity index (χ3n) is 3.52. The number of amides is 1. The number of nitrogens with one attached hydrogen (secondary N) is 3. The lowest BCUT2D eigenvalue weighted by molar-refractivity contribution is -0.116. The number of rotatable bonds is 7. The van der Waals surface area contributed by atoms with Crippen LogP contribution in [0.1, 0.15) is 34.6 Å². The summed E-state index contributed by atoms with van der Waals surface area (Å²) in [4.78, 5) is 26.4. The molecule has 0 unspecified atom stereocenters. The lowest BCUT2D eigenvalue weighted by Crippen LogP contribution is -2.38. The molecule has 0 bridgehead atoms. The van der Waals surface area contributed by atoms with Gasteiger partial charge in [-0.05, 0) is 39.8 Å². The molecule has 2 aromatic heterocycles. The number of aromatic nitrogens is 2. The molecule has 0 aliphatic carbocycles. The SMILES string of the molecule is CCNC(=NCc1sc(C)nc1C)NCCC(=O)Nc1cccc(C)n1. The molecule has 26 heavy (non-hydrogen) atoms. The van der Waals surface area contributed by atoms with Gasteiger partial charge < -0.3 is 16.0 Å². The zero-order chi connectivity index (χ0) is 18.9. The predicted octanol–water partition coefficient (Wildman–Crippen LogP) is 2.55. The Kier molecular flexibility index (Phi) is 7.53. The van der Waals surface area contributed by atoms with Gasteiger partial charge in [0.2, 0.25) is 5.91 Å². The molecule has 0 saturated carbocycles. The van der Waals surface area contributed by atoms with Gasteiger partial charge in [0.1, 0.15) is 5.82 Å². The highest BCUT2D eigenvalue weighted by atomic mass is 32.1. The van der Waals surface area contributed by atoms with Crippen molar-refractivity contribution in [3.8, 4) is 0 Å². The Morgan fingerprint density at radius 1 is 1.19 bits per heavy atom. The summed E-state index contributed by atoms with van der Waals surface area (Å²) in [7, 11) is 0. The number of carbonyl (C=O) groups excluding carboxylic acids is 1. The Hall–Kier alpha value is -2.48. The average Bonchev–Trinajstić information content (AvgIpc) is 2.90. The van der Waals surface area contributed by atoms with Crippen molar-refractivity contribution in [2.45, 2.75) is 40.7 Å². The van der Waals surface area contributed by atoms with E-state index in [4.69, 9.17) is 0 Å². The maximum absolute atomic E-state index is 12.0. The van der Waals surface area contributed by atoms with Gasteiger partial charge in [0.25, 0.3) is 0 Å². The number of carbonyl (C=O) groups is 1. The second-order valence-electron chi connectivity index (χ2n) is 5.83. The smallest absolute Gasteiger partial charge is 0.227 e. The van der Waals surface area contributed by atoms with Crippen LogP contribution in [0.25, 0.3) is 0 Å². The largest absolute Gasteiger partial charge is 0.357 e. The standard InChI is InChI=1S/C18H26N6OS/c1-5-19-18(21-11-15-13(3)23-14(4)26-15)20-10-9-17(25)24-16-8-6-7-12(2)22-16/h6-8H,5,9-11H2,1-4H3,(H2,19,20,21)(H,22,24,25). The summed E-state index contributed by atoms with van der Waals surface area (Å²) >= 11 is 1.66. The van der Waals surface area contributed by atoms with Crippen LogP contribution in [0.5, 0.6) is 0 Å². The highest BCUT2D eigenvalue weighted by Crippen LogP contribution is 2.17. The molecular weight excluding hydrogens is 348 g/mol. The molecule has 0 saturated heterocycles. The van der Waals surface area contributed by atoms with E-state index in [1.54, 1.807) is 17.4 Å². The quantitative estimate of drug-likeness (QED) is 0.512. The Balaban J connectivity index is 1.82. The van der Waals surface area contributed by atoms with Crippen LogP contribution in [-0.4, -0.2) is 34.9 Å². The summed E-state index contributed by atoms with van der Waals surface area (Å²) in [6, 6.07) is 5.54. The first-order chi connectivity index (χ1) is 12.5. The highest BCUT2D eigenvalue weighted by Gasteiger charge is 2.06. The summed E-state index contributed by atoms with van der Waals surface area (Å²) in [5, 5.41) is 10.2. The average molecular weight is 375 g/mol. The first kappa shape index (κ1) is 19.8. The number of hydrogen-bond acceptors (Lipinski definition) is 5. The fourth-order valence-electron chi connectivity index (χ4n) is 2.33. The second-order valence-corrected chi connectivity index (χ2v) is 7.11. The number of hydrogen-bond donors (Lipinski definition) is 3. The van der Waals surface area contributed by atoms with Crippen molar-refractivity contribution in [1.82, 2.24) is 20.6 Å². The molecule has 2 heterocycles. The van der Waals surface area contributed by atoms with Gasteiger partial charge in [0, 0.05) is 30.1 Å². The molecule has 7 nitrogen and oxygen atoms in total. The summed E-state index contributed by atoms with van der Waals surface area (Å²) < 4.78 is 0. The van der Waals surface area contributed by atoms with Crippen LogP contribution in [0.2, 0.25) is 0 Å². The van der Waals surface area contributed by atoms with E-state index in [0.717, 1.165) is 27.8 Å². The second kappa shape index (κ2) is 9.86. The van der Waals surface area contributed by atoms with Crippen LogP contribution < -0.4 is 16.0 Å². The number of aryl methyl sites for hydroxylation is 3. The molecule has 0 radical (unpaired) electrons. The number of aliphatic imine (C=N–C) groups is 1. The molecule has 0 aromatic carbocycles. The summed E-state index contributed by atoms with van der Waals surface area (Å²) in [5.41, 5.74) is 1.90. The lowest BCUT2D eigenvalue weighted by atomic mass is 10.3. The van der Waals surface area contributed by atoms with E-state index in [1.807, 2.05) is 39.8 Å². The molecule has 2 rings (SSSR count). The van der Waals surface area contributed by atoms with E-state index in [-0.39, 0.29) is 5.91 Å². The molecule has 0 fully saturated rings. The molecular formula is C18H26N6OS. The number of guanidine groups is 1. The van der Waals surface area contributed by atoms with E-state index < -0.39 is 0 Å². The van der Waals surface area contributed by atoms with Crippen molar-refractivity contribution in [1.29, 1.82) is 0 Å². The van der Waals surface area contributed by atoms with Gasteiger partial charge in [0.05, 0.1) is 17.2 Å².